The normalized spacial score (nSPS) is 20.4. The van der Waals surface area contributed by atoms with Crippen molar-refractivity contribution in [3.05, 3.63) is 29.3 Å². The molecule has 3 rings (SSSR count). The minimum Gasteiger partial charge on any atom is -0.353 e. The van der Waals surface area contributed by atoms with E-state index in [1.54, 1.807) is 6.92 Å². The molecule has 1 fully saturated rings. The molecular weight excluding hydrogens is 308 g/mol. The molecule has 1 aliphatic heterocycles. The summed E-state index contributed by atoms with van der Waals surface area (Å²) in [6, 6.07) is 1.96. The highest BCUT2D eigenvalue weighted by atomic mass is 16.5. The van der Waals surface area contributed by atoms with Crippen molar-refractivity contribution in [2.45, 2.75) is 46.1 Å². The number of rotatable bonds is 4. The second-order valence-corrected chi connectivity index (χ2v) is 6.22. The topological polar surface area (TPSA) is 97.0 Å². The number of amides is 1. The zero-order chi connectivity index (χ0) is 17.3. The molecule has 0 aliphatic carbocycles. The Kier molecular flexibility index (Phi) is 4.21. The first-order chi connectivity index (χ1) is 11.4. The highest BCUT2D eigenvalue weighted by Crippen LogP contribution is 2.33. The maximum atomic E-state index is 11.7. The molecule has 128 valence electrons. The Labute approximate surface area is 140 Å². The first kappa shape index (κ1) is 16.4. The summed E-state index contributed by atoms with van der Waals surface area (Å²) >= 11 is 0. The van der Waals surface area contributed by atoms with Gasteiger partial charge < -0.3 is 14.7 Å². The third-order valence-electron chi connectivity index (χ3n) is 4.15. The highest BCUT2D eigenvalue weighted by Gasteiger charge is 2.45. The molecule has 3 heterocycles. The van der Waals surface area contributed by atoms with Crippen molar-refractivity contribution in [2.24, 2.45) is 0 Å². The Bertz CT molecular complexity index is 759. The quantitative estimate of drug-likeness (QED) is 0.902. The van der Waals surface area contributed by atoms with Gasteiger partial charge in [0.2, 0.25) is 5.91 Å². The Morgan fingerprint density at radius 2 is 2.17 bits per heavy atom. The van der Waals surface area contributed by atoms with Crippen LogP contribution < -0.4 is 10.2 Å². The second-order valence-electron chi connectivity index (χ2n) is 6.22. The van der Waals surface area contributed by atoms with Crippen molar-refractivity contribution in [2.75, 3.05) is 18.0 Å². The van der Waals surface area contributed by atoms with Crippen LogP contribution in [-0.2, 0) is 16.8 Å². The molecule has 0 saturated carbocycles. The predicted octanol–water partition coefficient (Wildman–Crippen LogP) is 1.28. The van der Waals surface area contributed by atoms with E-state index in [1.807, 2.05) is 19.9 Å². The molecule has 24 heavy (non-hydrogen) atoms. The van der Waals surface area contributed by atoms with Gasteiger partial charge in [-0.25, -0.2) is 9.97 Å². The lowest BCUT2D eigenvalue weighted by molar-refractivity contribution is -0.121. The number of carbonyl (C=O) groups is 1. The standard InChI is InChI=1S/C16H22N6O2/c1-5-13-17-10(2)8-14(19-13)22-7-6-16(9-22,20-12(4)23)15-18-11(3)21-24-15/h8H,5-7,9H2,1-4H3,(H,20,23). The van der Waals surface area contributed by atoms with Crippen LogP contribution in [0.4, 0.5) is 5.82 Å². The Hall–Kier alpha value is -2.51. The molecule has 1 N–H and O–H groups in total. The minimum absolute atomic E-state index is 0.124. The summed E-state index contributed by atoms with van der Waals surface area (Å²) in [5.41, 5.74) is 0.251. The lowest BCUT2D eigenvalue weighted by atomic mass is 9.98. The molecule has 1 amide bonds. The van der Waals surface area contributed by atoms with Crippen molar-refractivity contribution in [1.82, 2.24) is 25.4 Å². The molecule has 1 saturated heterocycles. The smallest absolute Gasteiger partial charge is 0.254 e. The van der Waals surface area contributed by atoms with Crippen molar-refractivity contribution >= 4 is 11.7 Å². The second kappa shape index (κ2) is 6.18. The van der Waals surface area contributed by atoms with E-state index in [4.69, 9.17) is 4.52 Å². The van der Waals surface area contributed by atoms with Crippen molar-refractivity contribution < 1.29 is 9.32 Å². The largest absolute Gasteiger partial charge is 0.353 e. The van der Waals surface area contributed by atoms with Crippen LogP contribution >= 0.6 is 0 Å². The average molecular weight is 330 g/mol. The molecule has 0 aromatic carbocycles. The number of anilines is 1. The maximum Gasteiger partial charge on any atom is 0.254 e. The van der Waals surface area contributed by atoms with Crippen LogP contribution in [0.25, 0.3) is 0 Å². The third-order valence-corrected chi connectivity index (χ3v) is 4.15. The van der Waals surface area contributed by atoms with Crippen LogP contribution in [0.5, 0.6) is 0 Å². The molecule has 8 heteroatoms. The Balaban J connectivity index is 1.92. The van der Waals surface area contributed by atoms with Crippen molar-refractivity contribution in [1.29, 1.82) is 0 Å². The van der Waals surface area contributed by atoms with Gasteiger partial charge in [0.05, 0.1) is 6.54 Å². The molecule has 0 bridgehead atoms. The molecule has 0 spiro atoms. The molecule has 2 aromatic rings. The Morgan fingerprint density at radius 1 is 1.38 bits per heavy atom. The van der Waals surface area contributed by atoms with Crippen LogP contribution in [0.3, 0.4) is 0 Å². The van der Waals surface area contributed by atoms with E-state index in [2.05, 4.69) is 30.3 Å². The van der Waals surface area contributed by atoms with Gasteiger partial charge >= 0.3 is 0 Å². The molecule has 2 aromatic heterocycles. The molecule has 0 radical (unpaired) electrons. The lowest BCUT2D eigenvalue weighted by Crippen LogP contribution is -2.47. The summed E-state index contributed by atoms with van der Waals surface area (Å²) in [7, 11) is 0. The fraction of sp³-hybridized carbons (Fsp3) is 0.562. The summed E-state index contributed by atoms with van der Waals surface area (Å²) in [4.78, 5) is 27.2. The van der Waals surface area contributed by atoms with Gasteiger partial charge in [-0.15, -0.1) is 0 Å². The van der Waals surface area contributed by atoms with Gasteiger partial charge in [-0.2, -0.15) is 4.98 Å². The Morgan fingerprint density at radius 3 is 2.79 bits per heavy atom. The van der Waals surface area contributed by atoms with E-state index in [-0.39, 0.29) is 5.91 Å². The fourth-order valence-corrected chi connectivity index (χ4v) is 3.10. The molecule has 8 nitrogen and oxygen atoms in total. The molecular formula is C16H22N6O2. The van der Waals surface area contributed by atoms with Gasteiger partial charge in [0.1, 0.15) is 17.2 Å². The predicted molar refractivity (Wildman–Crippen MR) is 87.5 cm³/mol. The minimum atomic E-state index is -0.682. The fourth-order valence-electron chi connectivity index (χ4n) is 3.10. The van der Waals surface area contributed by atoms with Gasteiger partial charge in [0.15, 0.2) is 5.82 Å². The summed E-state index contributed by atoms with van der Waals surface area (Å²) in [5, 5.41) is 6.88. The number of aryl methyl sites for hydroxylation is 3. The van der Waals surface area contributed by atoms with Gasteiger partial charge in [-0.3, -0.25) is 4.79 Å². The van der Waals surface area contributed by atoms with E-state index in [0.717, 1.165) is 30.3 Å². The van der Waals surface area contributed by atoms with Crippen LogP contribution in [0.15, 0.2) is 10.6 Å². The van der Waals surface area contributed by atoms with Gasteiger partial charge in [-0.05, 0) is 20.3 Å². The number of aromatic nitrogens is 4. The van der Waals surface area contributed by atoms with Crippen LogP contribution in [-0.4, -0.2) is 39.1 Å². The number of nitrogens with one attached hydrogen (secondary N) is 1. The highest BCUT2D eigenvalue weighted by molar-refractivity contribution is 5.74. The van der Waals surface area contributed by atoms with E-state index in [9.17, 15) is 4.79 Å². The monoisotopic (exact) mass is 330 g/mol. The van der Waals surface area contributed by atoms with Gasteiger partial charge in [-0.1, -0.05) is 12.1 Å². The maximum absolute atomic E-state index is 11.7. The van der Waals surface area contributed by atoms with E-state index >= 15 is 0 Å². The lowest BCUT2D eigenvalue weighted by Gasteiger charge is -2.26. The third kappa shape index (κ3) is 3.08. The van der Waals surface area contributed by atoms with E-state index < -0.39 is 5.54 Å². The van der Waals surface area contributed by atoms with Crippen molar-refractivity contribution in [3.63, 3.8) is 0 Å². The molecule has 1 atom stereocenters. The number of hydrogen-bond acceptors (Lipinski definition) is 7. The number of nitrogens with zero attached hydrogens (tertiary/aromatic N) is 5. The first-order valence-electron chi connectivity index (χ1n) is 8.11. The zero-order valence-electron chi connectivity index (χ0n) is 14.5. The van der Waals surface area contributed by atoms with E-state index in [1.165, 1.54) is 6.92 Å². The zero-order valence-corrected chi connectivity index (χ0v) is 14.5. The van der Waals surface area contributed by atoms with Gasteiger partial charge in [0, 0.05) is 31.6 Å². The van der Waals surface area contributed by atoms with E-state index in [0.29, 0.717) is 24.7 Å². The first-order valence-corrected chi connectivity index (χ1v) is 8.11. The number of carbonyl (C=O) groups excluding carboxylic acids is 1. The molecule has 1 unspecified atom stereocenters. The van der Waals surface area contributed by atoms with Gasteiger partial charge in [0.25, 0.3) is 5.89 Å². The van der Waals surface area contributed by atoms with Crippen LogP contribution in [0.2, 0.25) is 0 Å². The SMILES string of the molecule is CCc1nc(C)cc(N2CCC(NC(C)=O)(c3nc(C)no3)C2)n1. The van der Waals surface area contributed by atoms with Crippen LogP contribution in [0.1, 0.15) is 43.5 Å². The average Bonchev–Trinajstić information content (AvgIpc) is 3.13. The summed E-state index contributed by atoms with van der Waals surface area (Å²) in [6.45, 7) is 8.53. The van der Waals surface area contributed by atoms with Crippen LogP contribution in [0, 0.1) is 13.8 Å². The molecule has 1 aliphatic rings. The van der Waals surface area contributed by atoms with Crippen molar-refractivity contribution in [3.8, 4) is 0 Å². The summed E-state index contributed by atoms with van der Waals surface area (Å²) in [5.74, 6) is 2.55. The number of hydrogen-bond donors (Lipinski definition) is 1. The summed E-state index contributed by atoms with van der Waals surface area (Å²) in [6.07, 6.45) is 1.46. The summed E-state index contributed by atoms with van der Waals surface area (Å²) < 4.78 is 5.37.